The van der Waals surface area contributed by atoms with Crippen LogP contribution in [0.15, 0.2) is 28.7 Å². The van der Waals surface area contributed by atoms with Gasteiger partial charge < -0.3 is 15.4 Å². The predicted molar refractivity (Wildman–Crippen MR) is 96.7 cm³/mol. The number of carbonyl (C=O) groups excluding carboxylic acids is 1. The second kappa shape index (κ2) is 6.81. The molecule has 0 bridgehead atoms. The first-order valence-electron chi connectivity index (χ1n) is 8.08. The Morgan fingerprint density at radius 1 is 1.22 bits per heavy atom. The molecule has 2 N–H and O–H groups in total. The van der Waals surface area contributed by atoms with Crippen LogP contribution < -0.4 is 15.4 Å². The molecule has 1 atom stereocenters. The summed E-state index contributed by atoms with van der Waals surface area (Å²) in [5.41, 5.74) is 0.0188. The van der Waals surface area contributed by atoms with Crippen molar-refractivity contribution in [2.75, 3.05) is 0 Å². The molecule has 1 saturated heterocycles. The standard InChI is InChI=1S/C18H27BrN2O2/c1-12(23-15-8-6-13(19)7-9-15)16(22)20-14-10-17(2,3)21-18(4,5)11-14/h6-9,12,14,21H,10-11H2,1-5H3,(H,20,22)/t12-/m1/s1. The van der Waals surface area contributed by atoms with Gasteiger partial charge in [-0.05, 0) is 71.7 Å². The maximum Gasteiger partial charge on any atom is 0.260 e. The van der Waals surface area contributed by atoms with Crippen LogP contribution in [0.5, 0.6) is 5.75 Å². The summed E-state index contributed by atoms with van der Waals surface area (Å²) in [7, 11) is 0. The Morgan fingerprint density at radius 2 is 1.74 bits per heavy atom. The summed E-state index contributed by atoms with van der Waals surface area (Å²) in [6, 6.07) is 7.66. The number of halogens is 1. The summed E-state index contributed by atoms with van der Waals surface area (Å²) in [5.74, 6) is 0.633. The number of ether oxygens (including phenoxy) is 1. The molecular weight excluding hydrogens is 356 g/mol. The van der Waals surface area contributed by atoms with E-state index in [9.17, 15) is 4.79 Å². The van der Waals surface area contributed by atoms with Crippen LogP contribution in [-0.2, 0) is 4.79 Å². The van der Waals surface area contributed by atoms with Crippen molar-refractivity contribution in [2.45, 2.75) is 70.7 Å². The predicted octanol–water partition coefficient (Wildman–Crippen LogP) is 3.64. The Hall–Kier alpha value is -1.07. The maximum atomic E-state index is 12.4. The average Bonchev–Trinajstić information content (AvgIpc) is 2.37. The minimum Gasteiger partial charge on any atom is -0.481 e. The SMILES string of the molecule is C[C@@H](Oc1ccc(Br)cc1)C(=O)NC1CC(C)(C)NC(C)(C)C1. The van der Waals surface area contributed by atoms with Crippen molar-refractivity contribution in [3.63, 3.8) is 0 Å². The van der Waals surface area contributed by atoms with E-state index in [0.717, 1.165) is 17.3 Å². The lowest BCUT2D eigenvalue weighted by molar-refractivity contribution is -0.128. The van der Waals surface area contributed by atoms with Crippen LogP contribution in [0.2, 0.25) is 0 Å². The summed E-state index contributed by atoms with van der Waals surface area (Å²) in [4.78, 5) is 12.4. The highest BCUT2D eigenvalue weighted by molar-refractivity contribution is 9.10. The molecule has 1 fully saturated rings. The van der Waals surface area contributed by atoms with Gasteiger partial charge in [0, 0.05) is 21.6 Å². The zero-order chi connectivity index (χ0) is 17.3. The Bertz CT molecular complexity index is 539. The number of nitrogens with one attached hydrogen (secondary N) is 2. The van der Waals surface area contributed by atoms with Gasteiger partial charge in [0.25, 0.3) is 5.91 Å². The van der Waals surface area contributed by atoms with Crippen molar-refractivity contribution in [1.82, 2.24) is 10.6 Å². The van der Waals surface area contributed by atoms with Gasteiger partial charge in [-0.2, -0.15) is 0 Å². The van der Waals surface area contributed by atoms with E-state index < -0.39 is 6.10 Å². The largest absolute Gasteiger partial charge is 0.481 e. The van der Waals surface area contributed by atoms with Crippen LogP contribution in [0.3, 0.4) is 0 Å². The molecule has 128 valence electrons. The molecule has 0 aliphatic carbocycles. The monoisotopic (exact) mass is 382 g/mol. The molecule has 5 heteroatoms. The summed E-state index contributed by atoms with van der Waals surface area (Å²) >= 11 is 3.39. The van der Waals surface area contributed by atoms with Gasteiger partial charge in [-0.3, -0.25) is 4.79 Å². The molecule has 1 heterocycles. The molecule has 0 aromatic heterocycles. The van der Waals surface area contributed by atoms with Crippen molar-refractivity contribution in [3.05, 3.63) is 28.7 Å². The first kappa shape index (κ1) is 18.3. The normalized spacial score (nSPS) is 21.5. The topological polar surface area (TPSA) is 50.4 Å². The quantitative estimate of drug-likeness (QED) is 0.835. The number of hydrogen-bond acceptors (Lipinski definition) is 3. The number of hydrogen-bond donors (Lipinski definition) is 2. The van der Waals surface area contributed by atoms with E-state index in [2.05, 4.69) is 54.3 Å². The van der Waals surface area contributed by atoms with E-state index in [-0.39, 0.29) is 23.0 Å². The molecule has 0 saturated carbocycles. The van der Waals surface area contributed by atoms with E-state index in [4.69, 9.17) is 4.74 Å². The van der Waals surface area contributed by atoms with E-state index in [1.807, 2.05) is 24.3 Å². The zero-order valence-electron chi connectivity index (χ0n) is 14.6. The average molecular weight is 383 g/mol. The minimum absolute atomic E-state index is 0.00942. The fourth-order valence-electron chi connectivity index (χ4n) is 3.51. The number of piperidine rings is 1. The summed E-state index contributed by atoms with van der Waals surface area (Å²) in [6.07, 6.45) is 1.30. The number of benzene rings is 1. The van der Waals surface area contributed by atoms with E-state index >= 15 is 0 Å². The Kier molecular flexibility index (Phi) is 5.41. The van der Waals surface area contributed by atoms with Crippen LogP contribution in [-0.4, -0.2) is 29.1 Å². The third-order valence-electron chi connectivity index (χ3n) is 4.03. The van der Waals surface area contributed by atoms with Crippen LogP contribution in [0, 0.1) is 0 Å². The van der Waals surface area contributed by atoms with Gasteiger partial charge >= 0.3 is 0 Å². The molecule has 1 aliphatic heterocycles. The lowest BCUT2D eigenvalue weighted by Gasteiger charge is -2.46. The Balaban J connectivity index is 1.94. The highest BCUT2D eigenvalue weighted by Crippen LogP contribution is 2.28. The highest BCUT2D eigenvalue weighted by Gasteiger charge is 2.38. The molecule has 23 heavy (non-hydrogen) atoms. The summed E-state index contributed by atoms with van der Waals surface area (Å²) in [6.45, 7) is 10.5. The third-order valence-corrected chi connectivity index (χ3v) is 4.56. The smallest absolute Gasteiger partial charge is 0.260 e. The van der Waals surface area contributed by atoms with Crippen LogP contribution in [0.25, 0.3) is 0 Å². The van der Waals surface area contributed by atoms with Gasteiger partial charge in [-0.15, -0.1) is 0 Å². The first-order chi connectivity index (χ1) is 10.6. The molecule has 1 amide bonds. The second-order valence-corrected chi connectivity index (χ2v) is 8.64. The van der Waals surface area contributed by atoms with Crippen molar-refractivity contribution in [3.8, 4) is 5.75 Å². The third kappa shape index (κ3) is 5.50. The number of rotatable bonds is 4. The van der Waals surface area contributed by atoms with Crippen LogP contribution in [0.1, 0.15) is 47.5 Å². The second-order valence-electron chi connectivity index (χ2n) is 7.72. The highest BCUT2D eigenvalue weighted by atomic mass is 79.9. The number of amides is 1. The maximum absolute atomic E-state index is 12.4. The molecule has 1 aromatic rings. The van der Waals surface area contributed by atoms with Gasteiger partial charge in [0.05, 0.1) is 0 Å². The van der Waals surface area contributed by atoms with Gasteiger partial charge in [-0.25, -0.2) is 0 Å². The minimum atomic E-state index is -0.516. The lowest BCUT2D eigenvalue weighted by atomic mass is 9.79. The van der Waals surface area contributed by atoms with Crippen LogP contribution in [0.4, 0.5) is 0 Å². The van der Waals surface area contributed by atoms with Gasteiger partial charge in [0.2, 0.25) is 0 Å². The molecule has 1 aliphatic rings. The molecule has 0 spiro atoms. The first-order valence-corrected chi connectivity index (χ1v) is 8.88. The summed E-state index contributed by atoms with van der Waals surface area (Å²) in [5, 5.41) is 6.77. The fraction of sp³-hybridized carbons (Fsp3) is 0.611. The fourth-order valence-corrected chi connectivity index (χ4v) is 3.78. The van der Waals surface area contributed by atoms with Crippen molar-refractivity contribution < 1.29 is 9.53 Å². The van der Waals surface area contributed by atoms with Crippen molar-refractivity contribution in [2.24, 2.45) is 0 Å². The van der Waals surface area contributed by atoms with E-state index in [1.165, 1.54) is 0 Å². The van der Waals surface area contributed by atoms with E-state index in [0.29, 0.717) is 5.75 Å². The Morgan fingerprint density at radius 3 is 2.26 bits per heavy atom. The van der Waals surface area contributed by atoms with Crippen molar-refractivity contribution in [1.29, 1.82) is 0 Å². The van der Waals surface area contributed by atoms with Gasteiger partial charge in [0.1, 0.15) is 5.75 Å². The summed E-state index contributed by atoms with van der Waals surface area (Å²) < 4.78 is 6.72. The van der Waals surface area contributed by atoms with E-state index in [1.54, 1.807) is 6.92 Å². The van der Waals surface area contributed by atoms with Gasteiger partial charge in [-0.1, -0.05) is 15.9 Å². The Labute approximate surface area is 147 Å². The van der Waals surface area contributed by atoms with Gasteiger partial charge in [0.15, 0.2) is 6.10 Å². The number of carbonyl (C=O) groups is 1. The van der Waals surface area contributed by atoms with Crippen LogP contribution >= 0.6 is 15.9 Å². The molecular formula is C18H27BrN2O2. The zero-order valence-corrected chi connectivity index (χ0v) is 16.2. The molecule has 4 nitrogen and oxygen atoms in total. The van der Waals surface area contributed by atoms with Crippen molar-refractivity contribution >= 4 is 21.8 Å². The molecule has 1 aromatic carbocycles. The molecule has 0 unspecified atom stereocenters. The molecule has 0 radical (unpaired) electrons. The lowest BCUT2D eigenvalue weighted by Crippen LogP contribution is -2.62. The molecule has 2 rings (SSSR count).